The Hall–Kier alpha value is -1.74. The molecule has 3 N–H and O–H groups in total. The number of halogens is 1. The Balaban J connectivity index is 0.000000308. The maximum Gasteiger partial charge on any atom is 0.0841 e. The highest BCUT2D eigenvalue weighted by atomic mass is 35.5. The highest BCUT2D eigenvalue weighted by Crippen LogP contribution is 2.36. The highest BCUT2D eigenvalue weighted by molar-refractivity contribution is 7.99. The van der Waals surface area contributed by atoms with Crippen molar-refractivity contribution in [2.24, 2.45) is 5.14 Å². The minimum absolute atomic E-state index is 0.468. The fourth-order valence-electron chi connectivity index (χ4n) is 3.94. The van der Waals surface area contributed by atoms with Crippen LogP contribution in [0.15, 0.2) is 66.9 Å². The van der Waals surface area contributed by atoms with Gasteiger partial charge in [0.2, 0.25) is 0 Å². The van der Waals surface area contributed by atoms with E-state index < -0.39 is 16.4 Å². The fraction of sp³-hybridized carbons (Fsp3) is 0.296. The van der Waals surface area contributed by atoms with Gasteiger partial charge < -0.3 is 5.11 Å². The average Bonchev–Trinajstić information content (AvgIpc) is 3.45. The van der Waals surface area contributed by atoms with Crippen LogP contribution in [0, 0.1) is 0 Å². The standard InChI is InChI=1S/C23H20ClNOS.C4H9NOS2/c1-23(2,26)17-10-11-25-21(14-17)19-8-5-7-16-13-18(27-22(16)19)12-15-6-3-4-9-20(15)24;5-7-4-1-2-8(6)3-4/h3-11,13-14,26H,12H2,1-2H3;4H,1-3,5H2. The molecule has 184 valence electrons. The second-order valence-corrected chi connectivity index (χ2v) is 13.2. The van der Waals surface area contributed by atoms with E-state index >= 15 is 0 Å². The second kappa shape index (κ2) is 11.5. The van der Waals surface area contributed by atoms with Crippen molar-refractivity contribution in [2.45, 2.75) is 37.5 Å². The lowest BCUT2D eigenvalue weighted by Gasteiger charge is -2.18. The maximum absolute atomic E-state index is 10.7. The molecule has 2 aromatic carbocycles. The van der Waals surface area contributed by atoms with Gasteiger partial charge in [-0.2, -0.15) is 0 Å². The van der Waals surface area contributed by atoms with Crippen molar-refractivity contribution >= 4 is 55.8 Å². The molecule has 4 nitrogen and oxygen atoms in total. The van der Waals surface area contributed by atoms with Crippen LogP contribution >= 0.6 is 34.9 Å². The molecular formula is C27H29ClN2O2S3. The number of fused-ring (bicyclic) bond motifs is 1. The van der Waals surface area contributed by atoms with Crippen LogP contribution < -0.4 is 5.14 Å². The number of rotatable bonds is 5. The zero-order valence-corrected chi connectivity index (χ0v) is 22.9. The quantitative estimate of drug-likeness (QED) is 0.279. The van der Waals surface area contributed by atoms with E-state index in [9.17, 15) is 9.32 Å². The summed E-state index contributed by atoms with van der Waals surface area (Å²) in [7, 11) is -0.554. The molecule has 1 saturated heterocycles. The first-order valence-corrected chi connectivity index (χ1v) is 15.0. The molecule has 0 bridgehead atoms. The third-order valence-corrected chi connectivity index (χ3v) is 9.91. The van der Waals surface area contributed by atoms with E-state index in [-0.39, 0.29) is 0 Å². The predicted octanol–water partition coefficient (Wildman–Crippen LogP) is 6.55. The first-order chi connectivity index (χ1) is 16.7. The van der Waals surface area contributed by atoms with Crippen molar-refractivity contribution in [1.82, 2.24) is 4.98 Å². The molecule has 4 aromatic rings. The van der Waals surface area contributed by atoms with Crippen molar-refractivity contribution in [2.75, 3.05) is 11.5 Å². The minimum atomic E-state index is -0.893. The van der Waals surface area contributed by atoms with Crippen molar-refractivity contribution in [3.8, 4) is 11.3 Å². The number of pyridine rings is 1. The Labute approximate surface area is 222 Å². The zero-order chi connectivity index (χ0) is 25.0. The molecular weight excluding hydrogens is 516 g/mol. The van der Waals surface area contributed by atoms with Crippen LogP contribution in [-0.2, 0) is 22.8 Å². The first-order valence-electron chi connectivity index (χ1n) is 11.4. The largest absolute Gasteiger partial charge is 0.386 e. The molecule has 0 spiro atoms. The number of nitrogens with zero attached hydrogens (tertiary/aromatic N) is 1. The van der Waals surface area contributed by atoms with Gasteiger partial charge in [0, 0.05) is 60.3 Å². The molecule has 5 rings (SSSR count). The third kappa shape index (κ3) is 6.73. The molecule has 8 heteroatoms. The molecule has 3 heterocycles. The van der Waals surface area contributed by atoms with Crippen LogP contribution in [0.3, 0.4) is 0 Å². The number of nitrogens with two attached hydrogens (primary N) is 1. The van der Waals surface area contributed by atoms with Gasteiger partial charge in [-0.1, -0.05) is 59.9 Å². The van der Waals surface area contributed by atoms with Crippen LogP contribution in [0.5, 0.6) is 0 Å². The van der Waals surface area contributed by atoms with Crippen LogP contribution in [0.1, 0.15) is 36.3 Å². The molecule has 1 aliphatic heterocycles. The van der Waals surface area contributed by atoms with Crippen molar-refractivity contribution in [1.29, 1.82) is 0 Å². The number of benzene rings is 2. The molecule has 35 heavy (non-hydrogen) atoms. The fourth-order valence-corrected chi connectivity index (χ4v) is 7.81. The molecule has 2 unspecified atom stereocenters. The molecule has 1 fully saturated rings. The smallest absolute Gasteiger partial charge is 0.0841 e. The number of aliphatic hydroxyl groups is 1. The Morgan fingerprint density at radius 3 is 2.66 bits per heavy atom. The van der Waals surface area contributed by atoms with Gasteiger partial charge in [0.15, 0.2) is 0 Å². The summed E-state index contributed by atoms with van der Waals surface area (Å²) in [6.07, 6.45) is 3.61. The van der Waals surface area contributed by atoms with Crippen LogP contribution in [0.25, 0.3) is 21.3 Å². The van der Waals surface area contributed by atoms with Crippen LogP contribution in [-0.4, -0.2) is 31.1 Å². The summed E-state index contributed by atoms with van der Waals surface area (Å²) in [5.74, 6) is 1.66. The number of hydrogen-bond acceptors (Lipinski definition) is 6. The highest BCUT2D eigenvalue weighted by Gasteiger charge is 2.20. The topological polar surface area (TPSA) is 76.2 Å². The monoisotopic (exact) mass is 544 g/mol. The van der Waals surface area contributed by atoms with E-state index in [2.05, 4.69) is 35.3 Å². The molecule has 1 aliphatic rings. The van der Waals surface area contributed by atoms with Crippen LogP contribution in [0.2, 0.25) is 5.02 Å². The molecule has 0 amide bonds. The molecule has 0 saturated carbocycles. The summed E-state index contributed by atoms with van der Waals surface area (Å²) in [5.41, 5.74) is 3.07. The average molecular weight is 545 g/mol. The summed E-state index contributed by atoms with van der Waals surface area (Å²) in [6, 6.07) is 20.3. The van der Waals surface area contributed by atoms with Crippen LogP contribution in [0.4, 0.5) is 0 Å². The van der Waals surface area contributed by atoms with E-state index in [1.54, 1.807) is 31.4 Å². The summed E-state index contributed by atoms with van der Waals surface area (Å²) >= 11 is 9.45. The van der Waals surface area contributed by atoms with Gasteiger partial charge in [0.1, 0.15) is 0 Å². The number of aromatic nitrogens is 1. The zero-order valence-electron chi connectivity index (χ0n) is 19.7. The molecule has 0 aliphatic carbocycles. The minimum Gasteiger partial charge on any atom is -0.386 e. The summed E-state index contributed by atoms with van der Waals surface area (Å²) < 4.78 is 11.9. The number of thiophene rings is 1. The third-order valence-electron chi connectivity index (χ3n) is 5.89. The predicted molar refractivity (Wildman–Crippen MR) is 153 cm³/mol. The van der Waals surface area contributed by atoms with Crippen molar-refractivity contribution in [3.63, 3.8) is 0 Å². The summed E-state index contributed by atoms with van der Waals surface area (Å²) in [4.78, 5) is 5.82. The summed E-state index contributed by atoms with van der Waals surface area (Å²) in [5, 5.41) is 18.1. The second-order valence-electron chi connectivity index (χ2n) is 9.05. The lowest BCUT2D eigenvalue weighted by atomic mass is 9.97. The van der Waals surface area contributed by atoms with Gasteiger partial charge in [0.25, 0.3) is 0 Å². The van der Waals surface area contributed by atoms with Gasteiger partial charge in [-0.25, -0.2) is 0 Å². The normalized spacial score (nSPS) is 17.9. The Morgan fingerprint density at radius 1 is 1.20 bits per heavy atom. The Bertz CT molecular complexity index is 1330. The van der Waals surface area contributed by atoms with Crippen molar-refractivity contribution in [3.05, 3.63) is 87.9 Å². The number of hydrogen-bond donors (Lipinski definition) is 2. The van der Waals surface area contributed by atoms with E-state index in [4.69, 9.17) is 16.7 Å². The molecule has 0 radical (unpaired) electrons. The Morgan fingerprint density at radius 2 is 2.00 bits per heavy atom. The van der Waals surface area contributed by atoms with Gasteiger partial charge in [-0.3, -0.25) is 14.3 Å². The molecule has 2 atom stereocenters. The molecule has 2 aromatic heterocycles. The lowest BCUT2D eigenvalue weighted by molar-refractivity contribution is 0.0785. The first kappa shape index (κ1) is 26.3. The maximum atomic E-state index is 10.7. The van der Waals surface area contributed by atoms with E-state index in [1.165, 1.54) is 26.9 Å². The SMILES string of the molecule is CC(C)(O)c1ccnc(-c2cccc3cc(Cc4ccccc4Cl)sc23)c1.NSC1CCS(=O)C1. The summed E-state index contributed by atoms with van der Waals surface area (Å²) in [6.45, 7) is 3.58. The van der Waals surface area contributed by atoms with E-state index in [0.29, 0.717) is 5.25 Å². The van der Waals surface area contributed by atoms with E-state index in [1.807, 2.05) is 30.3 Å². The lowest BCUT2D eigenvalue weighted by Crippen LogP contribution is -2.15. The van der Waals surface area contributed by atoms with Gasteiger partial charge in [-0.15, -0.1) is 11.3 Å². The van der Waals surface area contributed by atoms with Gasteiger partial charge in [-0.05, 0) is 61.0 Å². The van der Waals surface area contributed by atoms with Gasteiger partial charge >= 0.3 is 0 Å². The van der Waals surface area contributed by atoms with E-state index in [0.717, 1.165) is 51.8 Å². The van der Waals surface area contributed by atoms with Gasteiger partial charge in [0.05, 0.1) is 11.3 Å². The Kier molecular flexibility index (Phi) is 8.68. The van der Waals surface area contributed by atoms with Crippen molar-refractivity contribution < 1.29 is 9.32 Å².